The van der Waals surface area contributed by atoms with E-state index in [9.17, 15) is 14.0 Å². The van der Waals surface area contributed by atoms with Gasteiger partial charge in [0.15, 0.2) is 6.10 Å². The van der Waals surface area contributed by atoms with Gasteiger partial charge >= 0.3 is 6.09 Å². The summed E-state index contributed by atoms with van der Waals surface area (Å²) in [5.74, 6) is -1.03. The van der Waals surface area contributed by atoms with Crippen LogP contribution >= 0.6 is 23.2 Å². The van der Waals surface area contributed by atoms with Crippen molar-refractivity contribution < 1.29 is 18.7 Å². The molecule has 0 aromatic heterocycles. The lowest BCUT2D eigenvalue weighted by molar-refractivity contribution is -0.128. The van der Waals surface area contributed by atoms with Crippen LogP contribution in [0.4, 0.5) is 9.18 Å². The first-order chi connectivity index (χ1) is 11.9. The van der Waals surface area contributed by atoms with Crippen LogP contribution in [0.2, 0.25) is 10.0 Å². The van der Waals surface area contributed by atoms with Crippen LogP contribution in [-0.4, -0.2) is 24.6 Å². The van der Waals surface area contributed by atoms with Crippen LogP contribution in [0.3, 0.4) is 0 Å². The maximum absolute atomic E-state index is 13.5. The fourth-order valence-corrected chi connectivity index (χ4v) is 2.79. The minimum absolute atomic E-state index is 0.0559. The second-order valence-electron chi connectivity index (χ2n) is 5.44. The molecule has 1 fully saturated rings. The van der Waals surface area contributed by atoms with Crippen LogP contribution < -0.4 is 10.6 Å². The Balaban J connectivity index is 1.91. The van der Waals surface area contributed by atoms with Crippen molar-refractivity contribution in [1.82, 2.24) is 10.6 Å². The van der Waals surface area contributed by atoms with Gasteiger partial charge in [-0.3, -0.25) is 4.79 Å². The zero-order valence-corrected chi connectivity index (χ0v) is 14.3. The van der Waals surface area contributed by atoms with E-state index in [1.807, 2.05) is 0 Å². The van der Waals surface area contributed by atoms with Crippen molar-refractivity contribution in [2.24, 2.45) is 0 Å². The summed E-state index contributed by atoms with van der Waals surface area (Å²) < 4.78 is 18.4. The predicted octanol–water partition coefficient (Wildman–Crippen LogP) is 3.45. The highest BCUT2D eigenvalue weighted by Crippen LogP contribution is 2.27. The van der Waals surface area contributed by atoms with Crippen LogP contribution in [0.25, 0.3) is 0 Å². The highest BCUT2D eigenvalue weighted by molar-refractivity contribution is 6.31. The smallest absolute Gasteiger partial charge is 0.408 e. The van der Waals surface area contributed by atoms with Crippen LogP contribution in [0.1, 0.15) is 17.2 Å². The molecule has 1 aliphatic rings. The van der Waals surface area contributed by atoms with Gasteiger partial charge < -0.3 is 15.4 Å². The Labute approximate surface area is 153 Å². The van der Waals surface area contributed by atoms with Crippen LogP contribution in [0.5, 0.6) is 0 Å². The number of hydrogen-bond acceptors (Lipinski definition) is 3. The molecule has 1 saturated heterocycles. The summed E-state index contributed by atoms with van der Waals surface area (Å²) in [6.07, 6.45) is -1.58. The van der Waals surface area contributed by atoms with Gasteiger partial charge in [-0.15, -0.1) is 0 Å². The van der Waals surface area contributed by atoms with E-state index in [-0.39, 0.29) is 11.6 Å². The number of cyclic esters (lactones) is 1. The molecule has 2 N–H and O–H groups in total. The van der Waals surface area contributed by atoms with Crippen molar-refractivity contribution in [3.05, 3.63) is 69.5 Å². The Bertz CT molecular complexity index is 814. The number of hydrogen-bond donors (Lipinski definition) is 2. The zero-order valence-electron chi connectivity index (χ0n) is 12.8. The van der Waals surface area contributed by atoms with Crippen molar-refractivity contribution in [2.75, 3.05) is 6.54 Å². The summed E-state index contributed by atoms with van der Waals surface area (Å²) in [6.45, 7) is 0.0855. The van der Waals surface area contributed by atoms with Gasteiger partial charge in [0.2, 0.25) is 0 Å². The molecule has 1 unspecified atom stereocenters. The van der Waals surface area contributed by atoms with Gasteiger partial charge in [0.1, 0.15) is 5.82 Å². The predicted molar refractivity (Wildman–Crippen MR) is 91.1 cm³/mol. The number of carbonyl (C=O) groups is 2. The second kappa shape index (κ2) is 7.29. The standard InChI is InChI=1S/C17H13Cl2FN2O3/c18-11-4-1-9(2-5-11)15(10-3-6-13(20)12(19)7-10)22-16(23)14-8-21-17(24)25-14/h1-7,14-15H,8H2,(H,21,24)(H,22,23)/t14?,15-/m1/s1. The molecule has 0 bridgehead atoms. The summed E-state index contributed by atoms with van der Waals surface area (Å²) in [6, 6.07) is 10.4. The molecule has 2 atom stereocenters. The average Bonchev–Trinajstić information content (AvgIpc) is 3.03. The van der Waals surface area contributed by atoms with E-state index >= 15 is 0 Å². The lowest BCUT2D eigenvalue weighted by Crippen LogP contribution is -2.39. The first-order valence-electron chi connectivity index (χ1n) is 7.39. The Morgan fingerprint density at radius 3 is 2.48 bits per heavy atom. The molecule has 3 rings (SSSR count). The monoisotopic (exact) mass is 382 g/mol. The van der Waals surface area contributed by atoms with Crippen molar-refractivity contribution in [2.45, 2.75) is 12.1 Å². The number of amides is 2. The first-order valence-corrected chi connectivity index (χ1v) is 8.15. The topological polar surface area (TPSA) is 67.4 Å². The molecule has 1 aliphatic heterocycles. The number of benzene rings is 2. The van der Waals surface area contributed by atoms with Crippen molar-refractivity contribution in [1.29, 1.82) is 0 Å². The molecular weight excluding hydrogens is 370 g/mol. The van der Waals surface area contributed by atoms with Gasteiger partial charge in [-0.25, -0.2) is 9.18 Å². The molecule has 8 heteroatoms. The fraction of sp³-hybridized carbons (Fsp3) is 0.176. The quantitative estimate of drug-likeness (QED) is 0.850. The van der Waals surface area contributed by atoms with Crippen molar-refractivity contribution in [3.8, 4) is 0 Å². The third-order valence-electron chi connectivity index (χ3n) is 3.74. The van der Waals surface area contributed by atoms with Gasteiger partial charge in [0, 0.05) is 5.02 Å². The minimum Gasteiger partial charge on any atom is -0.434 e. The van der Waals surface area contributed by atoms with Crippen molar-refractivity contribution >= 4 is 35.2 Å². The number of nitrogens with one attached hydrogen (secondary N) is 2. The SMILES string of the molecule is O=C1NCC(C(=O)N[C@H](c2ccc(Cl)cc2)c2ccc(F)c(Cl)c2)O1. The number of carbonyl (C=O) groups excluding carboxylic acids is 2. The molecule has 0 saturated carbocycles. The Kier molecular flexibility index (Phi) is 5.11. The third kappa shape index (κ3) is 4.03. The molecule has 2 aromatic carbocycles. The molecule has 0 aliphatic carbocycles. The number of alkyl carbamates (subject to hydrolysis) is 1. The number of rotatable bonds is 4. The largest absolute Gasteiger partial charge is 0.434 e. The Hall–Kier alpha value is -2.31. The molecule has 130 valence electrons. The Morgan fingerprint density at radius 2 is 1.88 bits per heavy atom. The van der Waals surface area contributed by atoms with Gasteiger partial charge in [0.05, 0.1) is 17.6 Å². The summed E-state index contributed by atoms with van der Waals surface area (Å²) in [5, 5.41) is 5.70. The van der Waals surface area contributed by atoms with Gasteiger partial charge in [0.25, 0.3) is 5.91 Å². The van der Waals surface area contributed by atoms with Gasteiger partial charge in [-0.1, -0.05) is 41.4 Å². The fourth-order valence-electron chi connectivity index (χ4n) is 2.48. The van der Waals surface area contributed by atoms with E-state index in [0.717, 1.165) is 5.56 Å². The van der Waals surface area contributed by atoms with Crippen LogP contribution in [0.15, 0.2) is 42.5 Å². The first kappa shape index (κ1) is 17.5. The summed E-state index contributed by atoms with van der Waals surface area (Å²) in [5.41, 5.74) is 1.30. The van der Waals surface area contributed by atoms with E-state index in [2.05, 4.69) is 10.6 Å². The van der Waals surface area contributed by atoms with E-state index in [1.54, 1.807) is 24.3 Å². The van der Waals surface area contributed by atoms with E-state index in [4.69, 9.17) is 27.9 Å². The molecule has 2 amide bonds. The molecule has 2 aromatic rings. The maximum atomic E-state index is 13.5. The molecule has 5 nitrogen and oxygen atoms in total. The van der Waals surface area contributed by atoms with Crippen molar-refractivity contribution in [3.63, 3.8) is 0 Å². The molecule has 0 spiro atoms. The van der Waals surface area contributed by atoms with E-state index < -0.39 is 30.0 Å². The van der Waals surface area contributed by atoms with Crippen LogP contribution in [0, 0.1) is 5.82 Å². The van der Waals surface area contributed by atoms with E-state index in [1.165, 1.54) is 18.2 Å². The summed E-state index contributed by atoms with van der Waals surface area (Å²) in [7, 11) is 0. The average molecular weight is 383 g/mol. The number of ether oxygens (including phenoxy) is 1. The van der Waals surface area contributed by atoms with Crippen LogP contribution in [-0.2, 0) is 9.53 Å². The molecule has 1 heterocycles. The lowest BCUT2D eigenvalue weighted by atomic mass is 9.98. The minimum atomic E-state index is -0.932. The third-order valence-corrected chi connectivity index (χ3v) is 4.28. The number of halogens is 3. The molecular formula is C17H13Cl2FN2O3. The molecule has 0 radical (unpaired) electrons. The summed E-state index contributed by atoms with van der Waals surface area (Å²) >= 11 is 11.8. The summed E-state index contributed by atoms with van der Waals surface area (Å²) in [4.78, 5) is 23.5. The van der Waals surface area contributed by atoms with E-state index in [0.29, 0.717) is 10.6 Å². The lowest BCUT2D eigenvalue weighted by Gasteiger charge is -2.21. The molecule has 25 heavy (non-hydrogen) atoms. The maximum Gasteiger partial charge on any atom is 0.408 e. The Morgan fingerprint density at radius 1 is 1.20 bits per heavy atom. The highest BCUT2D eigenvalue weighted by Gasteiger charge is 2.31. The van der Waals surface area contributed by atoms with Gasteiger partial charge in [-0.2, -0.15) is 0 Å². The highest BCUT2D eigenvalue weighted by atomic mass is 35.5. The second-order valence-corrected chi connectivity index (χ2v) is 6.29. The normalized spacial score (nSPS) is 17.6. The van der Waals surface area contributed by atoms with Gasteiger partial charge in [-0.05, 0) is 35.4 Å². The zero-order chi connectivity index (χ0) is 18.0.